The predicted octanol–water partition coefficient (Wildman–Crippen LogP) is 4.20. The molecule has 174 valence electrons. The molecule has 0 unspecified atom stereocenters. The Kier molecular flexibility index (Phi) is 6.64. The molecule has 0 atom stereocenters. The van der Waals surface area contributed by atoms with E-state index < -0.39 is 6.09 Å². The molecule has 4 heterocycles. The highest BCUT2D eigenvalue weighted by Crippen LogP contribution is 2.36. The number of ether oxygens (including phenoxy) is 1. The number of primary amides is 1. The molecule has 1 aliphatic carbocycles. The predicted molar refractivity (Wildman–Crippen MR) is 125 cm³/mol. The van der Waals surface area contributed by atoms with Crippen molar-refractivity contribution in [1.82, 2.24) is 19.4 Å². The molecule has 1 amide bonds. The summed E-state index contributed by atoms with van der Waals surface area (Å²) in [6.07, 6.45) is 12.8. The second-order valence-corrected chi connectivity index (χ2v) is 9.82. The van der Waals surface area contributed by atoms with Gasteiger partial charge in [-0.25, -0.2) is 9.78 Å². The van der Waals surface area contributed by atoms with E-state index in [1.807, 2.05) is 12.3 Å². The summed E-state index contributed by atoms with van der Waals surface area (Å²) in [4.78, 5) is 21.5. The van der Waals surface area contributed by atoms with Crippen molar-refractivity contribution in [1.29, 1.82) is 0 Å². The molecule has 2 saturated heterocycles. The van der Waals surface area contributed by atoms with Gasteiger partial charge in [0.1, 0.15) is 12.3 Å². The highest BCUT2D eigenvalue weighted by atomic mass is 16.5. The zero-order valence-electron chi connectivity index (χ0n) is 19.2. The van der Waals surface area contributed by atoms with E-state index in [1.54, 1.807) is 0 Å². The lowest BCUT2D eigenvalue weighted by Gasteiger charge is -2.40. The molecule has 2 aromatic rings. The van der Waals surface area contributed by atoms with Crippen LogP contribution in [0.25, 0.3) is 11.0 Å². The first-order valence-corrected chi connectivity index (χ1v) is 12.6. The average Bonchev–Trinajstić information content (AvgIpc) is 3.45. The first-order valence-electron chi connectivity index (χ1n) is 12.6. The van der Waals surface area contributed by atoms with Crippen LogP contribution in [-0.2, 0) is 17.9 Å². The molecular weight excluding hydrogens is 402 g/mol. The van der Waals surface area contributed by atoms with E-state index in [0.717, 1.165) is 62.9 Å². The van der Waals surface area contributed by atoms with Crippen molar-refractivity contribution in [2.75, 3.05) is 26.2 Å². The SMILES string of the molecule is NC(=O)OCc1c(CN2CCCC2)c2cccnc2n1C1CCN(C2CCCCC2)CC1. The number of amides is 1. The van der Waals surface area contributed by atoms with E-state index >= 15 is 0 Å². The molecule has 3 aliphatic rings. The minimum absolute atomic E-state index is 0.220. The summed E-state index contributed by atoms with van der Waals surface area (Å²) in [7, 11) is 0. The number of pyridine rings is 1. The molecule has 2 aromatic heterocycles. The van der Waals surface area contributed by atoms with Gasteiger partial charge in [-0.2, -0.15) is 0 Å². The average molecular weight is 440 g/mol. The van der Waals surface area contributed by atoms with Crippen molar-refractivity contribution >= 4 is 17.1 Å². The first-order chi connectivity index (χ1) is 15.7. The minimum atomic E-state index is -0.714. The van der Waals surface area contributed by atoms with Crippen molar-refractivity contribution in [3.8, 4) is 0 Å². The fourth-order valence-corrected chi connectivity index (χ4v) is 6.24. The van der Waals surface area contributed by atoms with Crippen molar-refractivity contribution in [3.63, 3.8) is 0 Å². The first kappa shape index (κ1) is 21.7. The molecule has 0 radical (unpaired) electrons. The largest absolute Gasteiger partial charge is 0.443 e. The minimum Gasteiger partial charge on any atom is -0.443 e. The lowest BCUT2D eigenvalue weighted by molar-refractivity contribution is 0.106. The molecule has 0 aromatic carbocycles. The zero-order valence-corrected chi connectivity index (χ0v) is 19.2. The van der Waals surface area contributed by atoms with Crippen LogP contribution in [0.15, 0.2) is 18.3 Å². The van der Waals surface area contributed by atoms with Crippen molar-refractivity contribution in [2.45, 2.75) is 83.0 Å². The lowest BCUT2D eigenvalue weighted by atomic mass is 9.92. The van der Waals surface area contributed by atoms with Gasteiger partial charge in [0.25, 0.3) is 0 Å². The molecule has 7 heteroatoms. The van der Waals surface area contributed by atoms with E-state index in [-0.39, 0.29) is 6.61 Å². The molecule has 2 aliphatic heterocycles. The number of piperidine rings is 1. The summed E-state index contributed by atoms with van der Waals surface area (Å²) in [5.74, 6) is 0. The second-order valence-electron chi connectivity index (χ2n) is 9.82. The summed E-state index contributed by atoms with van der Waals surface area (Å²) >= 11 is 0. The topological polar surface area (TPSA) is 76.6 Å². The summed E-state index contributed by atoms with van der Waals surface area (Å²) in [5, 5.41) is 1.19. The van der Waals surface area contributed by atoms with Gasteiger partial charge >= 0.3 is 6.09 Å². The maximum absolute atomic E-state index is 11.5. The molecule has 2 N–H and O–H groups in total. The van der Waals surface area contributed by atoms with Crippen LogP contribution in [0.1, 0.15) is 75.1 Å². The number of hydrogen-bond donors (Lipinski definition) is 1. The normalized spacial score (nSPS) is 22.0. The third-order valence-corrected chi connectivity index (χ3v) is 7.87. The monoisotopic (exact) mass is 439 g/mol. The molecule has 0 bridgehead atoms. The van der Waals surface area contributed by atoms with Gasteiger partial charge in [-0.05, 0) is 63.7 Å². The van der Waals surface area contributed by atoms with Gasteiger partial charge in [-0.1, -0.05) is 19.3 Å². The van der Waals surface area contributed by atoms with Gasteiger partial charge < -0.3 is 19.9 Å². The van der Waals surface area contributed by atoms with E-state index in [9.17, 15) is 4.79 Å². The van der Waals surface area contributed by atoms with E-state index in [2.05, 4.69) is 20.4 Å². The third-order valence-electron chi connectivity index (χ3n) is 7.87. The van der Waals surface area contributed by atoms with Crippen LogP contribution in [0.5, 0.6) is 0 Å². The van der Waals surface area contributed by atoms with Crippen molar-refractivity contribution in [3.05, 3.63) is 29.6 Å². The Morgan fingerprint density at radius 2 is 1.75 bits per heavy atom. The summed E-state index contributed by atoms with van der Waals surface area (Å²) in [5.41, 5.74) is 8.74. The molecule has 32 heavy (non-hydrogen) atoms. The third kappa shape index (κ3) is 4.50. The van der Waals surface area contributed by atoms with Crippen LogP contribution in [0.2, 0.25) is 0 Å². The fourth-order valence-electron chi connectivity index (χ4n) is 6.24. The maximum atomic E-state index is 11.5. The number of aromatic nitrogens is 2. The Morgan fingerprint density at radius 1 is 1.00 bits per heavy atom. The molecular formula is C25H37N5O2. The number of nitrogens with two attached hydrogens (primary N) is 1. The van der Waals surface area contributed by atoms with Crippen LogP contribution < -0.4 is 5.73 Å². The number of carbonyl (C=O) groups is 1. The Hall–Kier alpha value is -2.12. The molecule has 0 spiro atoms. The highest BCUT2D eigenvalue weighted by Gasteiger charge is 2.31. The number of rotatable bonds is 6. The Labute approximate surface area is 190 Å². The number of nitrogens with zero attached hydrogens (tertiary/aromatic N) is 4. The van der Waals surface area contributed by atoms with Crippen LogP contribution in [0.3, 0.4) is 0 Å². The van der Waals surface area contributed by atoms with Crippen LogP contribution >= 0.6 is 0 Å². The summed E-state index contributed by atoms with van der Waals surface area (Å²) < 4.78 is 7.76. The molecule has 1 saturated carbocycles. The Bertz CT molecular complexity index is 922. The van der Waals surface area contributed by atoms with Gasteiger partial charge in [-0.15, -0.1) is 0 Å². The molecule has 3 fully saturated rings. The van der Waals surface area contributed by atoms with Crippen molar-refractivity contribution < 1.29 is 9.53 Å². The van der Waals surface area contributed by atoms with Crippen LogP contribution in [0, 0.1) is 0 Å². The lowest BCUT2D eigenvalue weighted by Crippen LogP contribution is -2.43. The summed E-state index contributed by atoms with van der Waals surface area (Å²) in [6.45, 7) is 5.63. The van der Waals surface area contributed by atoms with E-state index in [0.29, 0.717) is 6.04 Å². The number of likely N-dealkylation sites (tertiary alicyclic amines) is 2. The molecule has 7 nitrogen and oxygen atoms in total. The quantitative estimate of drug-likeness (QED) is 0.730. The summed E-state index contributed by atoms with van der Waals surface area (Å²) in [6, 6.07) is 5.35. The van der Waals surface area contributed by atoms with Gasteiger partial charge in [0, 0.05) is 48.9 Å². The van der Waals surface area contributed by atoms with Gasteiger partial charge in [0.2, 0.25) is 0 Å². The standard InChI is InChI=1S/C25H37N5O2/c26-25(31)32-18-23-22(17-28-13-4-5-14-28)21-9-6-12-27-24(21)30(23)20-10-15-29(16-11-20)19-7-2-1-3-8-19/h6,9,12,19-20H,1-5,7-8,10-11,13-18H2,(H2,26,31). The Morgan fingerprint density at radius 3 is 2.47 bits per heavy atom. The van der Waals surface area contributed by atoms with Crippen molar-refractivity contribution in [2.24, 2.45) is 5.73 Å². The van der Waals surface area contributed by atoms with Crippen LogP contribution in [-0.4, -0.2) is 57.7 Å². The number of hydrogen-bond acceptors (Lipinski definition) is 5. The zero-order chi connectivity index (χ0) is 21.9. The molecule has 5 rings (SSSR count). The van der Waals surface area contributed by atoms with Gasteiger partial charge in [0.15, 0.2) is 0 Å². The van der Waals surface area contributed by atoms with Crippen LogP contribution in [0.4, 0.5) is 4.79 Å². The van der Waals surface area contributed by atoms with E-state index in [4.69, 9.17) is 15.5 Å². The van der Waals surface area contributed by atoms with E-state index in [1.165, 1.54) is 55.9 Å². The Balaban J connectivity index is 1.44. The second kappa shape index (κ2) is 9.79. The van der Waals surface area contributed by atoms with Gasteiger partial charge in [-0.3, -0.25) is 4.90 Å². The number of carbonyl (C=O) groups excluding carboxylic acids is 1. The smallest absolute Gasteiger partial charge is 0.404 e. The highest BCUT2D eigenvalue weighted by molar-refractivity contribution is 5.82. The fraction of sp³-hybridized carbons (Fsp3) is 0.680. The number of fused-ring (bicyclic) bond motifs is 1. The van der Waals surface area contributed by atoms with Gasteiger partial charge in [0.05, 0.1) is 5.69 Å². The maximum Gasteiger partial charge on any atom is 0.404 e.